The molecule has 0 saturated heterocycles. The van der Waals surface area contributed by atoms with Crippen LogP contribution in [0.25, 0.3) is 0 Å². The van der Waals surface area contributed by atoms with Crippen molar-refractivity contribution in [1.82, 2.24) is 15.2 Å². The minimum Gasteiger partial charge on any atom is -0.367 e. The summed E-state index contributed by atoms with van der Waals surface area (Å²) >= 11 is 0. The van der Waals surface area contributed by atoms with E-state index in [0.29, 0.717) is 18.8 Å². The van der Waals surface area contributed by atoms with Gasteiger partial charge in [-0.2, -0.15) is 13.9 Å². The predicted molar refractivity (Wildman–Crippen MR) is 49.7 cm³/mol. The van der Waals surface area contributed by atoms with E-state index in [1.807, 2.05) is 0 Å². The van der Waals surface area contributed by atoms with Gasteiger partial charge in [0.2, 0.25) is 0 Å². The molecule has 9 heteroatoms. The van der Waals surface area contributed by atoms with Gasteiger partial charge in [0.05, 0.1) is 0 Å². The van der Waals surface area contributed by atoms with Gasteiger partial charge in [-0.15, -0.1) is 0 Å². The largest absolute Gasteiger partial charge is 0.367 e. The van der Waals surface area contributed by atoms with Crippen molar-refractivity contribution in [2.45, 2.75) is 25.4 Å². The zero-order valence-corrected chi connectivity index (χ0v) is 8.80. The molecule has 1 aromatic rings. The fraction of sp³-hybridized carbons (Fsp3) is 0.750. The Morgan fingerprint density at radius 3 is 2.71 bits per heavy atom. The molecule has 3 N–H and O–H groups in total. The van der Waals surface area contributed by atoms with E-state index in [1.54, 1.807) is 0 Å². The van der Waals surface area contributed by atoms with Crippen LogP contribution in [0.2, 0.25) is 0 Å². The monoisotopic (exact) mass is 256 g/mol. The van der Waals surface area contributed by atoms with Crippen molar-refractivity contribution in [2.24, 2.45) is 5.73 Å². The Kier molecular flexibility index (Phi) is 4.82. The summed E-state index contributed by atoms with van der Waals surface area (Å²) in [5.74, 6) is -3.54. The summed E-state index contributed by atoms with van der Waals surface area (Å²) in [6.07, 6.45) is -3.31. The molecule has 17 heavy (non-hydrogen) atoms. The maximum absolute atomic E-state index is 12.4. The quantitative estimate of drug-likeness (QED) is 0.705. The molecule has 1 heterocycles. The normalized spacial score (nSPS) is 12.4. The number of aromatic amines is 1. The first-order valence-electron chi connectivity index (χ1n) is 4.79. The Labute approximate surface area is 94.4 Å². The number of H-pyrrole nitrogens is 1. The summed E-state index contributed by atoms with van der Waals surface area (Å²) in [4.78, 5) is 3.86. The first-order chi connectivity index (χ1) is 7.95. The third kappa shape index (κ3) is 4.27. The van der Waals surface area contributed by atoms with Crippen LogP contribution in [0.1, 0.15) is 11.6 Å². The summed E-state index contributed by atoms with van der Waals surface area (Å²) in [5.41, 5.74) is 5.25. The average Bonchev–Trinajstić information content (AvgIpc) is 2.66. The van der Waals surface area contributed by atoms with Crippen LogP contribution < -0.4 is 5.73 Å². The first kappa shape index (κ1) is 13.8. The van der Waals surface area contributed by atoms with Gasteiger partial charge in [-0.3, -0.25) is 5.10 Å². The predicted octanol–water partition coefficient (Wildman–Crippen LogP) is 0.723. The van der Waals surface area contributed by atoms with E-state index in [-0.39, 0.29) is 12.4 Å². The average molecular weight is 256 g/mol. The highest BCUT2D eigenvalue weighted by molar-refractivity contribution is 4.89. The van der Waals surface area contributed by atoms with Crippen molar-refractivity contribution >= 4 is 0 Å². The number of alkyl halides is 4. The lowest BCUT2D eigenvalue weighted by molar-refractivity contribution is -0.168. The second-order valence-corrected chi connectivity index (χ2v) is 3.29. The van der Waals surface area contributed by atoms with E-state index in [2.05, 4.69) is 19.9 Å². The molecule has 0 atom stereocenters. The fourth-order valence-corrected chi connectivity index (χ4v) is 0.987. The molecule has 1 aromatic heterocycles. The van der Waals surface area contributed by atoms with E-state index in [1.165, 1.54) is 0 Å². The van der Waals surface area contributed by atoms with Gasteiger partial charge in [-0.05, 0) is 6.54 Å². The van der Waals surface area contributed by atoms with E-state index in [4.69, 9.17) is 5.73 Å². The van der Waals surface area contributed by atoms with Crippen molar-refractivity contribution < 1.29 is 22.3 Å². The van der Waals surface area contributed by atoms with Gasteiger partial charge in [0.1, 0.15) is 13.2 Å². The second-order valence-electron chi connectivity index (χ2n) is 3.29. The number of ether oxygens (including phenoxy) is 1. The van der Waals surface area contributed by atoms with Crippen molar-refractivity contribution in [3.63, 3.8) is 0 Å². The molecule has 0 radical (unpaired) electrons. The maximum atomic E-state index is 12.4. The minimum atomic E-state index is -4.15. The molecule has 0 saturated carbocycles. The van der Waals surface area contributed by atoms with Crippen molar-refractivity contribution in [3.8, 4) is 0 Å². The lowest BCUT2D eigenvalue weighted by atomic mass is 10.4. The van der Waals surface area contributed by atoms with Crippen LogP contribution in [-0.4, -0.2) is 40.7 Å². The van der Waals surface area contributed by atoms with Crippen LogP contribution in [0.3, 0.4) is 0 Å². The lowest BCUT2D eigenvalue weighted by Gasteiger charge is -2.14. The summed E-state index contributed by atoms with van der Waals surface area (Å²) in [5, 5.41) is 6.16. The molecule has 5 nitrogen and oxygen atoms in total. The Bertz CT molecular complexity index is 344. The highest BCUT2D eigenvalue weighted by Gasteiger charge is 2.40. The summed E-state index contributed by atoms with van der Waals surface area (Å²) in [7, 11) is 0. The number of hydrogen-bond acceptors (Lipinski definition) is 4. The smallest absolute Gasteiger partial charge is 0.330 e. The molecule has 98 valence electrons. The molecule has 0 aliphatic carbocycles. The zero-order valence-electron chi connectivity index (χ0n) is 8.80. The lowest BCUT2D eigenvalue weighted by Crippen LogP contribution is -2.32. The Morgan fingerprint density at radius 2 is 2.12 bits per heavy atom. The molecular formula is C8H12F4N4O. The summed E-state index contributed by atoms with van der Waals surface area (Å²) < 4.78 is 52.8. The number of aromatic nitrogens is 3. The van der Waals surface area contributed by atoms with E-state index >= 15 is 0 Å². The molecule has 0 amide bonds. The molecule has 0 fully saturated rings. The van der Waals surface area contributed by atoms with Crippen LogP contribution in [0, 0.1) is 0 Å². The Balaban J connectivity index is 2.35. The van der Waals surface area contributed by atoms with Crippen molar-refractivity contribution in [2.75, 3.05) is 13.2 Å². The molecule has 0 aromatic carbocycles. The number of nitrogens with zero attached hydrogens (tertiary/aromatic N) is 2. The van der Waals surface area contributed by atoms with Crippen LogP contribution in [0.15, 0.2) is 0 Å². The standard InChI is InChI=1S/C8H12F4N4O/c9-7(10)8(11,12)4-17-3-6-14-5(1-2-13)15-16-6/h7H,1-4,13H2,(H,14,15,16). The minimum absolute atomic E-state index is 0.193. The summed E-state index contributed by atoms with van der Waals surface area (Å²) in [6.45, 7) is -1.35. The van der Waals surface area contributed by atoms with Gasteiger partial charge in [0.25, 0.3) is 0 Å². The van der Waals surface area contributed by atoms with Gasteiger partial charge in [0.15, 0.2) is 11.6 Å². The molecule has 0 aliphatic heterocycles. The Hall–Kier alpha value is -1.22. The number of nitrogens with two attached hydrogens (primary N) is 1. The number of halogens is 4. The van der Waals surface area contributed by atoms with Crippen molar-refractivity contribution in [3.05, 3.63) is 11.6 Å². The van der Waals surface area contributed by atoms with Gasteiger partial charge in [-0.25, -0.2) is 13.8 Å². The van der Waals surface area contributed by atoms with Gasteiger partial charge in [0, 0.05) is 6.42 Å². The highest BCUT2D eigenvalue weighted by atomic mass is 19.3. The number of rotatable bonds is 7. The van der Waals surface area contributed by atoms with Crippen LogP contribution in [-0.2, 0) is 17.8 Å². The van der Waals surface area contributed by atoms with Gasteiger partial charge < -0.3 is 10.5 Å². The molecule has 1 rings (SSSR count). The fourth-order valence-electron chi connectivity index (χ4n) is 0.987. The van der Waals surface area contributed by atoms with E-state index in [9.17, 15) is 17.6 Å². The van der Waals surface area contributed by atoms with E-state index < -0.39 is 19.0 Å². The molecule has 0 aliphatic rings. The first-order valence-corrected chi connectivity index (χ1v) is 4.79. The SMILES string of the molecule is NCCc1n[nH]c(COCC(F)(F)C(F)F)n1. The highest BCUT2D eigenvalue weighted by Crippen LogP contribution is 2.23. The molecule has 0 spiro atoms. The third-order valence-corrected chi connectivity index (χ3v) is 1.80. The van der Waals surface area contributed by atoms with Crippen LogP contribution >= 0.6 is 0 Å². The van der Waals surface area contributed by atoms with Gasteiger partial charge in [-0.1, -0.05) is 0 Å². The summed E-state index contributed by atoms with van der Waals surface area (Å²) in [6, 6.07) is 0. The number of hydrogen-bond donors (Lipinski definition) is 2. The van der Waals surface area contributed by atoms with Crippen molar-refractivity contribution in [1.29, 1.82) is 0 Å². The third-order valence-electron chi connectivity index (χ3n) is 1.80. The molecular weight excluding hydrogens is 244 g/mol. The molecule has 0 unspecified atom stereocenters. The number of nitrogens with one attached hydrogen (secondary N) is 1. The maximum Gasteiger partial charge on any atom is 0.330 e. The molecule has 0 bridgehead atoms. The second kappa shape index (κ2) is 5.92. The van der Waals surface area contributed by atoms with Crippen LogP contribution in [0.4, 0.5) is 17.6 Å². The van der Waals surface area contributed by atoms with Gasteiger partial charge >= 0.3 is 12.3 Å². The Morgan fingerprint density at radius 1 is 1.41 bits per heavy atom. The zero-order chi connectivity index (χ0) is 12.9. The van der Waals surface area contributed by atoms with E-state index in [0.717, 1.165) is 0 Å². The van der Waals surface area contributed by atoms with Crippen LogP contribution in [0.5, 0.6) is 0 Å². The topological polar surface area (TPSA) is 76.8 Å².